The van der Waals surface area contributed by atoms with Crippen molar-refractivity contribution in [2.45, 2.75) is 42.7 Å². The summed E-state index contributed by atoms with van der Waals surface area (Å²) in [5, 5.41) is 5.19. The summed E-state index contributed by atoms with van der Waals surface area (Å²) in [4.78, 5) is 30.0. The Morgan fingerprint density at radius 1 is 1.11 bits per heavy atom. The van der Waals surface area contributed by atoms with Crippen LogP contribution in [-0.2, 0) is 14.6 Å². The van der Waals surface area contributed by atoms with Gasteiger partial charge in [0, 0.05) is 24.2 Å². The first-order chi connectivity index (χ1) is 16.5. The normalized spacial score (nSPS) is 24.2. The van der Waals surface area contributed by atoms with Crippen LogP contribution < -0.4 is 10.6 Å². The number of benzene rings is 1. The van der Waals surface area contributed by atoms with E-state index >= 15 is 0 Å². The summed E-state index contributed by atoms with van der Waals surface area (Å²) < 4.78 is 52.4. The van der Waals surface area contributed by atoms with E-state index < -0.39 is 45.4 Å². The summed E-state index contributed by atoms with van der Waals surface area (Å²) >= 11 is 5.69. The molecule has 2 unspecified atom stereocenters. The molecule has 0 aliphatic heterocycles. The van der Waals surface area contributed by atoms with Crippen molar-refractivity contribution in [3.63, 3.8) is 0 Å². The van der Waals surface area contributed by atoms with Crippen LogP contribution in [-0.4, -0.2) is 37.5 Å². The predicted molar refractivity (Wildman–Crippen MR) is 123 cm³/mol. The van der Waals surface area contributed by atoms with Crippen LogP contribution in [0.5, 0.6) is 0 Å². The van der Waals surface area contributed by atoms with Crippen molar-refractivity contribution in [3.05, 3.63) is 58.4 Å². The van der Waals surface area contributed by atoms with Crippen LogP contribution in [0.2, 0.25) is 5.02 Å². The van der Waals surface area contributed by atoms with Gasteiger partial charge in [-0.25, -0.2) is 17.2 Å². The molecule has 5 rings (SSSR count). The number of aromatic nitrogens is 1. The van der Waals surface area contributed by atoms with E-state index in [2.05, 4.69) is 15.6 Å². The van der Waals surface area contributed by atoms with Crippen LogP contribution >= 0.6 is 11.6 Å². The summed E-state index contributed by atoms with van der Waals surface area (Å²) in [6, 6.07) is 1.45. The fourth-order valence-electron chi connectivity index (χ4n) is 4.66. The van der Waals surface area contributed by atoms with E-state index in [4.69, 9.17) is 11.6 Å². The van der Waals surface area contributed by atoms with Gasteiger partial charge in [-0.15, -0.1) is 0 Å². The molecule has 3 aliphatic carbocycles. The Labute approximate surface area is 206 Å². The molecule has 2 amide bonds. The first-order valence-electron chi connectivity index (χ1n) is 11.4. The summed E-state index contributed by atoms with van der Waals surface area (Å²) in [5.41, 5.74) is 0.0309. The molecule has 2 aromatic rings. The number of hydrogen-bond acceptors (Lipinski definition) is 5. The SMILES string of the molecule is CS(=O)(=O)c1cncc(C(=O)N[C@H](CC2C3C[C@@H]32)C(=O)N[C@@H](c2cc(F)c(Cl)cc2F)C2CC2)c1. The molecule has 3 aliphatic rings. The van der Waals surface area contributed by atoms with Crippen LogP contribution in [0.25, 0.3) is 0 Å². The second-order valence-electron chi connectivity index (χ2n) is 9.78. The average Bonchev–Trinajstić information content (AvgIpc) is 3.67. The summed E-state index contributed by atoms with van der Waals surface area (Å²) in [6.45, 7) is 0. The van der Waals surface area contributed by atoms with Crippen molar-refractivity contribution < 1.29 is 26.8 Å². The number of carbonyl (C=O) groups excluding carboxylic acids is 2. The lowest BCUT2D eigenvalue weighted by Gasteiger charge is -2.25. The molecule has 1 aromatic heterocycles. The lowest BCUT2D eigenvalue weighted by molar-refractivity contribution is -0.124. The number of fused-ring (bicyclic) bond motifs is 1. The minimum Gasteiger partial charge on any atom is -0.347 e. The molecule has 186 valence electrons. The van der Waals surface area contributed by atoms with Crippen LogP contribution in [0.15, 0.2) is 35.5 Å². The van der Waals surface area contributed by atoms with Gasteiger partial charge in [0.1, 0.15) is 17.7 Å². The van der Waals surface area contributed by atoms with Crippen molar-refractivity contribution in [3.8, 4) is 0 Å². The maximum Gasteiger partial charge on any atom is 0.253 e. The van der Waals surface area contributed by atoms with E-state index in [9.17, 15) is 26.8 Å². The lowest BCUT2D eigenvalue weighted by Crippen LogP contribution is -2.48. The molecule has 1 aromatic carbocycles. The van der Waals surface area contributed by atoms with E-state index in [1.165, 1.54) is 12.3 Å². The van der Waals surface area contributed by atoms with Gasteiger partial charge in [0.2, 0.25) is 5.91 Å². The highest BCUT2D eigenvalue weighted by molar-refractivity contribution is 7.90. The van der Waals surface area contributed by atoms with Gasteiger partial charge in [0.25, 0.3) is 5.91 Å². The molecule has 5 atom stereocenters. The van der Waals surface area contributed by atoms with Gasteiger partial charge in [-0.3, -0.25) is 14.6 Å². The molecule has 11 heteroatoms. The summed E-state index contributed by atoms with van der Waals surface area (Å²) in [5.74, 6) is -1.19. The summed E-state index contributed by atoms with van der Waals surface area (Å²) in [7, 11) is -3.57. The van der Waals surface area contributed by atoms with Crippen molar-refractivity contribution in [2.24, 2.45) is 23.7 Å². The van der Waals surface area contributed by atoms with Gasteiger partial charge in [-0.2, -0.15) is 0 Å². The van der Waals surface area contributed by atoms with E-state index in [-0.39, 0.29) is 27.0 Å². The number of carbonyl (C=O) groups is 2. The highest BCUT2D eigenvalue weighted by atomic mass is 35.5. The zero-order chi connectivity index (χ0) is 25.1. The Hall–Kier alpha value is -2.59. The molecule has 3 fully saturated rings. The minimum atomic E-state index is -3.57. The number of hydrogen-bond donors (Lipinski definition) is 2. The van der Waals surface area contributed by atoms with Gasteiger partial charge in [-0.1, -0.05) is 11.6 Å². The lowest BCUT2D eigenvalue weighted by atomic mass is 9.98. The third kappa shape index (κ3) is 5.18. The molecule has 0 bridgehead atoms. The molecular weight excluding hydrogens is 500 g/mol. The molecule has 3 saturated carbocycles. The smallest absolute Gasteiger partial charge is 0.253 e. The molecular formula is C24H24ClF2N3O4S. The molecule has 7 nitrogen and oxygen atoms in total. The highest BCUT2D eigenvalue weighted by Crippen LogP contribution is 2.69. The Bertz CT molecular complexity index is 1310. The number of amides is 2. The Morgan fingerprint density at radius 2 is 1.83 bits per heavy atom. The maximum absolute atomic E-state index is 14.6. The second-order valence-corrected chi connectivity index (χ2v) is 12.2. The number of nitrogens with one attached hydrogen (secondary N) is 2. The largest absolute Gasteiger partial charge is 0.347 e. The quantitative estimate of drug-likeness (QED) is 0.490. The average molecular weight is 524 g/mol. The standard InChI is InChI=1S/C24H24ClF2N3O4S/c1-35(33,34)13-4-12(9-28-10-13)23(31)29-21(7-16-14-5-15(14)16)24(32)30-22(11-2-3-11)17-6-20(27)18(25)8-19(17)26/h4,6,8-11,14-16,21-22H,2-3,5,7H2,1H3,(H,29,31)(H,30,32)/t14-,15?,16?,21+,22+/m0/s1. The fourth-order valence-corrected chi connectivity index (χ4v) is 5.41. The monoisotopic (exact) mass is 523 g/mol. The second kappa shape index (κ2) is 8.81. The van der Waals surface area contributed by atoms with Crippen LogP contribution in [0.3, 0.4) is 0 Å². The first kappa shape index (κ1) is 24.1. The molecule has 0 spiro atoms. The van der Waals surface area contributed by atoms with Gasteiger partial charge in [0.05, 0.1) is 21.5 Å². The highest BCUT2D eigenvalue weighted by Gasteiger charge is 2.64. The van der Waals surface area contributed by atoms with E-state index in [1.54, 1.807) is 0 Å². The summed E-state index contributed by atoms with van der Waals surface area (Å²) in [6.07, 6.45) is 6.43. The van der Waals surface area contributed by atoms with E-state index in [1.807, 2.05) is 0 Å². The number of halogens is 3. The Morgan fingerprint density at radius 3 is 2.43 bits per heavy atom. The van der Waals surface area contributed by atoms with Crippen LogP contribution in [0, 0.1) is 35.3 Å². The molecule has 0 saturated heterocycles. The number of pyridine rings is 1. The zero-order valence-electron chi connectivity index (χ0n) is 18.8. The third-order valence-electron chi connectivity index (χ3n) is 7.15. The zero-order valence-corrected chi connectivity index (χ0v) is 20.4. The van der Waals surface area contributed by atoms with Gasteiger partial charge in [0.15, 0.2) is 9.84 Å². The van der Waals surface area contributed by atoms with Crippen molar-refractivity contribution >= 4 is 33.3 Å². The molecule has 1 heterocycles. The number of rotatable bonds is 9. The topological polar surface area (TPSA) is 105 Å². The Balaban J connectivity index is 1.35. The number of sulfone groups is 1. The van der Waals surface area contributed by atoms with Crippen LogP contribution in [0.1, 0.15) is 47.6 Å². The fraction of sp³-hybridized carbons (Fsp3) is 0.458. The van der Waals surface area contributed by atoms with E-state index in [0.29, 0.717) is 24.2 Å². The minimum absolute atomic E-state index is 0.0104. The van der Waals surface area contributed by atoms with Crippen molar-refractivity contribution in [1.82, 2.24) is 15.6 Å². The molecule has 35 heavy (non-hydrogen) atoms. The first-order valence-corrected chi connectivity index (χ1v) is 13.7. The number of nitrogens with zero attached hydrogens (tertiary/aromatic N) is 1. The van der Waals surface area contributed by atoms with Gasteiger partial charge in [-0.05, 0) is 67.6 Å². The van der Waals surface area contributed by atoms with Crippen LogP contribution in [0.4, 0.5) is 8.78 Å². The Kier molecular flexibility index (Phi) is 6.07. The maximum atomic E-state index is 14.6. The van der Waals surface area contributed by atoms with Crippen molar-refractivity contribution in [1.29, 1.82) is 0 Å². The van der Waals surface area contributed by atoms with Gasteiger partial charge < -0.3 is 10.6 Å². The van der Waals surface area contributed by atoms with E-state index in [0.717, 1.165) is 43.8 Å². The molecule has 2 N–H and O–H groups in total. The van der Waals surface area contributed by atoms with Crippen molar-refractivity contribution in [2.75, 3.05) is 6.26 Å². The van der Waals surface area contributed by atoms with Gasteiger partial charge >= 0.3 is 0 Å². The molecule has 0 radical (unpaired) electrons. The third-order valence-corrected chi connectivity index (χ3v) is 8.52. The predicted octanol–water partition coefficient (Wildman–Crippen LogP) is 3.44.